The van der Waals surface area contributed by atoms with Crippen molar-refractivity contribution in [3.8, 4) is 0 Å². The fraction of sp³-hybridized carbons (Fsp3) is 0.714. The maximum Gasteiger partial charge on any atom is 0.356 e. The van der Waals surface area contributed by atoms with Crippen LogP contribution in [0.2, 0.25) is 0 Å². The van der Waals surface area contributed by atoms with Crippen LogP contribution in [0.25, 0.3) is 0 Å². The van der Waals surface area contributed by atoms with E-state index in [4.69, 9.17) is 9.94 Å². The quantitative estimate of drug-likeness (QED) is 0.594. The van der Waals surface area contributed by atoms with Crippen molar-refractivity contribution in [2.45, 2.75) is 19.4 Å². The van der Waals surface area contributed by atoms with E-state index in [1.54, 1.807) is 6.92 Å². The summed E-state index contributed by atoms with van der Waals surface area (Å²) < 4.78 is 4.69. The van der Waals surface area contributed by atoms with Crippen LogP contribution in [-0.2, 0) is 14.4 Å². The Morgan fingerprint density at radius 1 is 1.92 bits per heavy atom. The van der Waals surface area contributed by atoms with E-state index in [0.29, 0.717) is 13.0 Å². The first kappa shape index (κ1) is 8.99. The van der Waals surface area contributed by atoms with E-state index in [2.05, 4.69) is 9.89 Å². The Morgan fingerprint density at radius 2 is 2.67 bits per heavy atom. The third kappa shape index (κ3) is 1.94. The van der Waals surface area contributed by atoms with Gasteiger partial charge in [-0.2, -0.15) is 0 Å². The van der Waals surface area contributed by atoms with Crippen LogP contribution in [0.15, 0.2) is 5.16 Å². The van der Waals surface area contributed by atoms with Crippen LogP contribution in [0.1, 0.15) is 13.3 Å². The zero-order chi connectivity index (χ0) is 8.97. The summed E-state index contributed by atoms with van der Waals surface area (Å²) >= 11 is 0. The maximum absolute atomic E-state index is 11.0. The molecule has 0 amide bonds. The number of hydrogen-bond donors (Lipinski definition) is 1. The molecule has 0 fully saturated rings. The third-order valence-electron chi connectivity index (χ3n) is 1.45. The molecule has 0 aliphatic carbocycles. The van der Waals surface area contributed by atoms with E-state index in [0.717, 1.165) is 0 Å². The molecule has 0 aromatic heterocycles. The van der Waals surface area contributed by atoms with Crippen LogP contribution in [-0.4, -0.2) is 36.1 Å². The van der Waals surface area contributed by atoms with Gasteiger partial charge in [-0.15, -0.1) is 0 Å². The number of carbonyl (C=O) groups excluding carboxylic acids is 1. The van der Waals surface area contributed by atoms with Crippen molar-refractivity contribution in [3.63, 3.8) is 0 Å². The summed E-state index contributed by atoms with van der Waals surface area (Å²) in [4.78, 5) is 15.7. The molecule has 1 atom stereocenters. The summed E-state index contributed by atoms with van der Waals surface area (Å²) in [6.07, 6.45) is -0.0561. The second-order valence-corrected chi connectivity index (χ2v) is 2.37. The summed E-state index contributed by atoms with van der Waals surface area (Å²) in [5.74, 6) is -0.464. The van der Waals surface area contributed by atoms with Gasteiger partial charge in [0.1, 0.15) is 0 Å². The molecule has 1 N–H and O–H groups in total. The van der Waals surface area contributed by atoms with Crippen molar-refractivity contribution in [1.82, 2.24) is 0 Å². The first-order valence-electron chi connectivity index (χ1n) is 3.78. The van der Waals surface area contributed by atoms with Gasteiger partial charge in [0.05, 0.1) is 13.2 Å². The molecule has 12 heavy (non-hydrogen) atoms. The Kier molecular flexibility index (Phi) is 3.04. The monoisotopic (exact) mass is 173 g/mol. The van der Waals surface area contributed by atoms with Crippen molar-refractivity contribution in [2.24, 2.45) is 5.16 Å². The Labute approximate surface area is 70.0 Å². The fourth-order valence-electron chi connectivity index (χ4n) is 0.861. The van der Waals surface area contributed by atoms with Gasteiger partial charge >= 0.3 is 5.97 Å². The molecule has 0 spiro atoms. The molecule has 1 aliphatic heterocycles. The van der Waals surface area contributed by atoms with Crippen LogP contribution in [0, 0.1) is 0 Å². The maximum atomic E-state index is 11.0. The number of rotatable bonds is 3. The smallest absolute Gasteiger partial charge is 0.356 e. The van der Waals surface area contributed by atoms with Gasteiger partial charge in [0.25, 0.3) is 0 Å². The van der Waals surface area contributed by atoms with Crippen LogP contribution < -0.4 is 0 Å². The molecular weight excluding hydrogens is 162 g/mol. The number of aliphatic hydroxyl groups excluding tert-OH is 1. The second kappa shape index (κ2) is 4.06. The van der Waals surface area contributed by atoms with Gasteiger partial charge in [0, 0.05) is 6.42 Å². The first-order chi connectivity index (χ1) is 5.77. The SMILES string of the molecule is CCOC(=O)C1=NO[C@H](CO)C1. The zero-order valence-corrected chi connectivity index (χ0v) is 6.82. The van der Waals surface area contributed by atoms with E-state index >= 15 is 0 Å². The van der Waals surface area contributed by atoms with E-state index in [9.17, 15) is 4.79 Å². The highest BCUT2D eigenvalue weighted by molar-refractivity contribution is 6.36. The summed E-state index contributed by atoms with van der Waals surface area (Å²) in [5.41, 5.74) is 0.246. The minimum Gasteiger partial charge on any atom is -0.461 e. The molecule has 0 saturated carbocycles. The van der Waals surface area contributed by atoms with Gasteiger partial charge < -0.3 is 14.7 Å². The van der Waals surface area contributed by atoms with E-state index in [1.807, 2.05) is 0 Å². The topological polar surface area (TPSA) is 68.1 Å². The van der Waals surface area contributed by atoms with Crippen LogP contribution in [0.4, 0.5) is 0 Å². The predicted octanol–water partition coefficient (Wildman–Crippen LogP) is -0.313. The first-order valence-corrected chi connectivity index (χ1v) is 3.78. The van der Waals surface area contributed by atoms with Gasteiger partial charge in [-0.1, -0.05) is 5.16 Å². The minimum absolute atomic E-state index is 0.133. The summed E-state index contributed by atoms with van der Waals surface area (Å²) in [7, 11) is 0. The number of oxime groups is 1. The van der Waals surface area contributed by atoms with Crippen LogP contribution >= 0.6 is 0 Å². The fourth-order valence-corrected chi connectivity index (χ4v) is 0.861. The molecule has 5 heteroatoms. The van der Waals surface area contributed by atoms with E-state index < -0.39 is 5.97 Å². The number of esters is 1. The van der Waals surface area contributed by atoms with Crippen molar-refractivity contribution in [2.75, 3.05) is 13.2 Å². The summed E-state index contributed by atoms with van der Waals surface area (Å²) in [6.45, 7) is 1.91. The normalized spacial score (nSPS) is 21.5. The summed E-state index contributed by atoms with van der Waals surface area (Å²) in [5, 5.41) is 12.1. The van der Waals surface area contributed by atoms with Gasteiger partial charge in [0.15, 0.2) is 11.8 Å². The number of hydrogen-bond acceptors (Lipinski definition) is 5. The molecule has 1 heterocycles. The van der Waals surface area contributed by atoms with Crippen LogP contribution in [0.5, 0.6) is 0 Å². The van der Waals surface area contributed by atoms with Crippen LogP contribution in [0.3, 0.4) is 0 Å². The molecule has 68 valence electrons. The average Bonchev–Trinajstić information content (AvgIpc) is 2.52. The lowest BCUT2D eigenvalue weighted by molar-refractivity contribution is -0.135. The molecule has 0 aromatic rings. The largest absolute Gasteiger partial charge is 0.461 e. The number of nitrogens with zero attached hydrogens (tertiary/aromatic N) is 1. The molecule has 5 nitrogen and oxygen atoms in total. The van der Waals surface area contributed by atoms with Crippen molar-refractivity contribution < 1.29 is 19.5 Å². The highest BCUT2D eigenvalue weighted by atomic mass is 16.7. The number of ether oxygens (including phenoxy) is 1. The lowest BCUT2D eigenvalue weighted by Crippen LogP contribution is -2.19. The molecule has 0 unspecified atom stereocenters. The van der Waals surface area contributed by atoms with Gasteiger partial charge in [-0.05, 0) is 6.92 Å². The van der Waals surface area contributed by atoms with Gasteiger partial charge in [0.2, 0.25) is 0 Å². The number of aliphatic hydroxyl groups is 1. The Morgan fingerprint density at radius 3 is 3.17 bits per heavy atom. The molecule has 1 aliphatic rings. The summed E-state index contributed by atoms with van der Waals surface area (Å²) in [6, 6.07) is 0. The lowest BCUT2D eigenvalue weighted by Gasteiger charge is -2.00. The zero-order valence-electron chi connectivity index (χ0n) is 6.82. The van der Waals surface area contributed by atoms with Crippen molar-refractivity contribution in [3.05, 3.63) is 0 Å². The van der Waals surface area contributed by atoms with E-state index in [1.165, 1.54) is 0 Å². The van der Waals surface area contributed by atoms with Gasteiger partial charge in [-0.3, -0.25) is 0 Å². The average molecular weight is 173 g/mol. The predicted molar refractivity (Wildman–Crippen MR) is 40.6 cm³/mol. The molecule has 0 radical (unpaired) electrons. The number of carbonyl (C=O) groups is 1. The molecule has 0 saturated heterocycles. The standard InChI is InChI=1S/C7H11NO4/c1-2-11-7(10)6-3-5(4-9)12-8-6/h5,9H,2-4H2,1H3/t5-/m0/s1. The van der Waals surface area contributed by atoms with E-state index in [-0.39, 0.29) is 18.4 Å². The Hall–Kier alpha value is -1.10. The Bertz CT molecular complexity index is 202. The molecular formula is C7H11NO4. The van der Waals surface area contributed by atoms with Gasteiger partial charge in [-0.25, -0.2) is 4.79 Å². The lowest BCUT2D eigenvalue weighted by atomic mass is 10.2. The highest BCUT2D eigenvalue weighted by Crippen LogP contribution is 2.10. The molecule has 0 aromatic carbocycles. The minimum atomic E-state index is -0.464. The Balaban J connectivity index is 2.40. The second-order valence-electron chi connectivity index (χ2n) is 2.37. The third-order valence-corrected chi connectivity index (χ3v) is 1.45. The molecule has 1 rings (SSSR count). The highest BCUT2D eigenvalue weighted by Gasteiger charge is 2.26. The van der Waals surface area contributed by atoms with Crippen molar-refractivity contribution >= 4 is 11.7 Å². The van der Waals surface area contributed by atoms with Crippen molar-refractivity contribution in [1.29, 1.82) is 0 Å². The molecule has 0 bridgehead atoms.